The molecule has 0 aliphatic rings. The molecule has 16 heavy (non-hydrogen) atoms. The predicted octanol–water partition coefficient (Wildman–Crippen LogP) is 1.65. The van der Waals surface area contributed by atoms with E-state index in [0.717, 1.165) is 0 Å². The number of aliphatic hydroxyl groups excluding tert-OH is 1. The molecule has 0 radical (unpaired) electrons. The van der Waals surface area contributed by atoms with Crippen molar-refractivity contribution in [2.24, 2.45) is 0 Å². The molecule has 0 aliphatic heterocycles. The van der Waals surface area contributed by atoms with E-state index < -0.39 is 17.7 Å². The van der Waals surface area contributed by atoms with Crippen LogP contribution in [0.4, 0.5) is 0 Å². The summed E-state index contributed by atoms with van der Waals surface area (Å²) in [7, 11) is 0. The van der Waals surface area contributed by atoms with Gasteiger partial charge < -0.3 is 15.3 Å². The highest BCUT2D eigenvalue weighted by Crippen LogP contribution is 2.32. The van der Waals surface area contributed by atoms with E-state index >= 15 is 0 Å². The van der Waals surface area contributed by atoms with E-state index in [1.165, 1.54) is 25.1 Å². The Morgan fingerprint density at radius 3 is 2.44 bits per heavy atom. The summed E-state index contributed by atoms with van der Waals surface area (Å²) in [4.78, 5) is 10.6. The van der Waals surface area contributed by atoms with Crippen LogP contribution >= 0.6 is 23.2 Å². The molecule has 0 bridgehead atoms. The van der Waals surface area contributed by atoms with Gasteiger partial charge in [-0.15, -0.1) is 0 Å². The van der Waals surface area contributed by atoms with Gasteiger partial charge in [0.05, 0.1) is 0 Å². The van der Waals surface area contributed by atoms with E-state index in [9.17, 15) is 15.0 Å². The Kier molecular flexibility index (Phi) is 3.80. The Balaban J connectivity index is 3.21. The fraction of sp³-hybridized carbons (Fsp3) is 0.300. The quantitative estimate of drug-likeness (QED) is 0.776. The number of carbonyl (C=O) groups is 1. The number of rotatable bonds is 3. The molecule has 0 fully saturated rings. The number of hydrogen-bond acceptors (Lipinski definition) is 3. The average molecular weight is 265 g/mol. The molecule has 0 aliphatic carbocycles. The van der Waals surface area contributed by atoms with Crippen molar-refractivity contribution in [1.29, 1.82) is 0 Å². The summed E-state index contributed by atoms with van der Waals surface area (Å²) in [5.41, 5.74) is -1.87. The zero-order valence-electron chi connectivity index (χ0n) is 8.32. The molecule has 1 rings (SSSR count). The molecule has 0 heterocycles. The zero-order valence-corrected chi connectivity index (χ0v) is 9.83. The van der Waals surface area contributed by atoms with Crippen LogP contribution in [0, 0.1) is 0 Å². The van der Waals surface area contributed by atoms with Crippen LogP contribution in [-0.2, 0) is 10.4 Å². The summed E-state index contributed by atoms with van der Waals surface area (Å²) in [6.07, 6.45) is -1.97. The third kappa shape index (κ3) is 2.47. The normalized spacial score (nSPS) is 16.6. The Bertz CT molecular complexity index is 417. The third-order valence-electron chi connectivity index (χ3n) is 2.24. The Labute approximate surface area is 102 Å². The number of aliphatic carboxylic acids is 1. The van der Waals surface area contributed by atoms with Crippen molar-refractivity contribution < 1.29 is 20.1 Å². The minimum atomic E-state index is -1.98. The molecule has 2 atom stereocenters. The van der Waals surface area contributed by atoms with Gasteiger partial charge >= 0.3 is 5.97 Å². The fourth-order valence-electron chi connectivity index (χ4n) is 1.29. The van der Waals surface area contributed by atoms with Crippen LogP contribution in [0.15, 0.2) is 18.2 Å². The molecule has 0 saturated heterocycles. The largest absolute Gasteiger partial charge is 0.479 e. The first kappa shape index (κ1) is 13.3. The lowest BCUT2D eigenvalue weighted by Crippen LogP contribution is -2.42. The van der Waals surface area contributed by atoms with Crippen LogP contribution in [0.5, 0.6) is 0 Å². The van der Waals surface area contributed by atoms with Gasteiger partial charge in [0.25, 0.3) is 0 Å². The monoisotopic (exact) mass is 264 g/mol. The van der Waals surface area contributed by atoms with E-state index in [0.29, 0.717) is 5.02 Å². The number of carboxylic acids is 1. The van der Waals surface area contributed by atoms with Gasteiger partial charge in [-0.1, -0.05) is 29.3 Å². The summed E-state index contributed by atoms with van der Waals surface area (Å²) in [6.45, 7) is 1.17. The van der Waals surface area contributed by atoms with Crippen LogP contribution in [-0.4, -0.2) is 27.4 Å². The molecule has 88 valence electrons. The van der Waals surface area contributed by atoms with Crippen molar-refractivity contribution in [3.8, 4) is 0 Å². The zero-order chi connectivity index (χ0) is 12.5. The topological polar surface area (TPSA) is 77.8 Å². The van der Waals surface area contributed by atoms with Crippen molar-refractivity contribution in [3.05, 3.63) is 33.8 Å². The van der Waals surface area contributed by atoms with Gasteiger partial charge in [0, 0.05) is 15.6 Å². The lowest BCUT2D eigenvalue weighted by Gasteiger charge is -2.27. The highest BCUT2D eigenvalue weighted by atomic mass is 35.5. The molecule has 0 amide bonds. The summed E-state index contributed by atoms with van der Waals surface area (Å²) in [5, 5.41) is 28.4. The standard InChI is InChI=1S/C10H10Cl2O4/c1-10(16,8(13)9(14)15)6-3-2-5(11)4-7(6)12/h2-4,8,13,16H,1H3,(H,14,15). The van der Waals surface area contributed by atoms with E-state index in [1.807, 2.05) is 0 Å². The van der Waals surface area contributed by atoms with Crippen LogP contribution in [0.3, 0.4) is 0 Å². The van der Waals surface area contributed by atoms with Gasteiger partial charge in [-0.25, -0.2) is 4.79 Å². The van der Waals surface area contributed by atoms with E-state index in [2.05, 4.69) is 0 Å². The minimum Gasteiger partial charge on any atom is -0.479 e. The first-order valence-electron chi connectivity index (χ1n) is 4.35. The summed E-state index contributed by atoms with van der Waals surface area (Å²) < 4.78 is 0. The molecule has 3 N–H and O–H groups in total. The molecular weight excluding hydrogens is 255 g/mol. The molecular formula is C10H10Cl2O4. The second kappa shape index (κ2) is 4.59. The number of carboxylic acid groups (broad SMARTS) is 1. The maximum absolute atomic E-state index is 10.6. The Hall–Kier alpha value is -0.810. The minimum absolute atomic E-state index is 0.0952. The van der Waals surface area contributed by atoms with Gasteiger partial charge in [-0.2, -0.15) is 0 Å². The van der Waals surface area contributed by atoms with Crippen molar-refractivity contribution in [2.75, 3.05) is 0 Å². The number of benzene rings is 1. The average Bonchev–Trinajstić information content (AvgIpc) is 2.15. The van der Waals surface area contributed by atoms with Crippen molar-refractivity contribution in [3.63, 3.8) is 0 Å². The third-order valence-corrected chi connectivity index (χ3v) is 2.79. The Morgan fingerprint density at radius 2 is 2.00 bits per heavy atom. The van der Waals surface area contributed by atoms with E-state index in [1.54, 1.807) is 0 Å². The summed E-state index contributed by atoms with van der Waals surface area (Å²) in [5.74, 6) is -1.53. The van der Waals surface area contributed by atoms with Gasteiger partial charge in [0.2, 0.25) is 0 Å². The molecule has 0 spiro atoms. The first-order chi connectivity index (χ1) is 7.26. The van der Waals surface area contributed by atoms with E-state index in [-0.39, 0.29) is 10.6 Å². The first-order valence-corrected chi connectivity index (χ1v) is 5.11. The highest BCUT2D eigenvalue weighted by molar-refractivity contribution is 6.35. The van der Waals surface area contributed by atoms with Crippen molar-refractivity contribution in [2.45, 2.75) is 18.6 Å². The lowest BCUT2D eigenvalue weighted by molar-refractivity contribution is -0.162. The smallest absolute Gasteiger partial charge is 0.335 e. The van der Waals surface area contributed by atoms with Crippen LogP contribution in [0.1, 0.15) is 12.5 Å². The Morgan fingerprint density at radius 1 is 1.44 bits per heavy atom. The molecule has 6 heteroatoms. The molecule has 4 nitrogen and oxygen atoms in total. The van der Waals surface area contributed by atoms with Crippen molar-refractivity contribution in [1.82, 2.24) is 0 Å². The van der Waals surface area contributed by atoms with Gasteiger partial charge in [-0.3, -0.25) is 0 Å². The number of hydrogen-bond donors (Lipinski definition) is 3. The summed E-state index contributed by atoms with van der Waals surface area (Å²) in [6, 6.07) is 4.18. The SMILES string of the molecule is CC(O)(c1ccc(Cl)cc1Cl)C(O)C(=O)O. The summed E-state index contributed by atoms with van der Waals surface area (Å²) >= 11 is 11.5. The molecule has 2 unspecified atom stereocenters. The van der Waals surface area contributed by atoms with Gasteiger partial charge in [0.1, 0.15) is 5.60 Å². The van der Waals surface area contributed by atoms with Crippen LogP contribution < -0.4 is 0 Å². The van der Waals surface area contributed by atoms with E-state index in [4.69, 9.17) is 28.3 Å². The molecule has 1 aromatic rings. The van der Waals surface area contributed by atoms with Crippen LogP contribution in [0.25, 0.3) is 0 Å². The molecule has 0 aromatic heterocycles. The maximum atomic E-state index is 10.6. The second-order valence-electron chi connectivity index (χ2n) is 3.51. The lowest BCUT2D eigenvalue weighted by atomic mass is 9.90. The maximum Gasteiger partial charge on any atom is 0.335 e. The highest BCUT2D eigenvalue weighted by Gasteiger charge is 2.39. The van der Waals surface area contributed by atoms with Gasteiger partial charge in [0.15, 0.2) is 6.10 Å². The van der Waals surface area contributed by atoms with Crippen LogP contribution in [0.2, 0.25) is 10.0 Å². The van der Waals surface area contributed by atoms with Crippen molar-refractivity contribution >= 4 is 29.2 Å². The molecule has 1 aromatic carbocycles. The molecule has 0 saturated carbocycles. The fourth-order valence-corrected chi connectivity index (χ4v) is 1.89. The second-order valence-corrected chi connectivity index (χ2v) is 4.36. The number of aliphatic hydroxyl groups is 2. The number of halogens is 2. The van der Waals surface area contributed by atoms with Gasteiger partial charge in [-0.05, 0) is 19.1 Å². The predicted molar refractivity (Wildman–Crippen MR) is 59.7 cm³/mol.